The number of hydrogen-bond donors (Lipinski definition) is 1. The molecule has 3 aromatic carbocycles. The first-order chi connectivity index (χ1) is 20.0. The highest BCUT2D eigenvalue weighted by Gasteiger charge is 2.38. The highest BCUT2D eigenvalue weighted by Crippen LogP contribution is 2.45. The SMILES string of the molecule is COC(=O)/C=C/c1ccc(F)c(NC2=Nc3c(F)cccc3C(CC(=O)OC)N2c2cc(C(F)(F)F)ccc2OC)c1. The molecule has 1 unspecified atom stereocenters. The smallest absolute Gasteiger partial charge is 0.416 e. The van der Waals surface area contributed by atoms with Crippen LogP contribution in [0.15, 0.2) is 65.7 Å². The third kappa shape index (κ3) is 6.35. The van der Waals surface area contributed by atoms with E-state index in [2.05, 4.69) is 15.0 Å². The predicted molar refractivity (Wildman–Crippen MR) is 144 cm³/mol. The first kappa shape index (κ1) is 30.0. The van der Waals surface area contributed by atoms with E-state index in [-0.39, 0.29) is 34.3 Å². The number of carbonyl (C=O) groups is 2. The number of guanidine groups is 1. The van der Waals surface area contributed by atoms with Gasteiger partial charge in [0.15, 0.2) is 0 Å². The molecule has 0 fully saturated rings. The maximum atomic E-state index is 15.1. The maximum absolute atomic E-state index is 15.1. The number of alkyl halides is 3. The maximum Gasteiger partial charge on any atom is 0.416 e. The number of rotatable bonds is 7. The highest BCUT2D eigenvalue weighted by atomic mass is 19.4. The Bertz CT molecular complexity index is 1570. The predicted octanol–water partition coefficient (Wildman–Crippen LogP) is 6.40. The van der Waals surface area contributed by atoms with Crippen molar-refractivity contribution < 1.29 is 45.8 Å². The van der Waals surface area contributed by atoms with Crippen LogP contribution in [0.25, 0.3) is 6.08 Å². The minimum atomic E-state index is -4.75. The van der Waals surface area contributed by atoms with Crippen molar-refractivity contribution in [1.29, 1.82) is 0 Å². The summed E-state index contributed by atoms with van der Waals surface area (Å²) in [5.74, 6) is -3.35. The van der Waals surface area contributed by atoms with Crippen LogP contribution in [0.5, 0.6) is 5.75 Å². The number of halogens is 5. The summed E-state index contributed by atoms with van der Waals surface area (Å²) in [5.41, 5.74) is -1.14. The molecule has 0 saturated heterocycles. The second-order valence-corrected chi connectivity index (χ2v) is 8.88. The molecule has 0 bridgehead atoms. The zero-order chi connectivity index (χ0) is 30.6. The van der Waals surface area contributed by atoms with Crippen LogP contribution in [0.2, 0.25) is 0 Å². The van der Waals surface area contributed by atoms with Gasteiger partial charge in [-0.05, 0) is 48.0 Å². The molecule has 0 radical (unpaired) electrons. The lowest BCUT2D eigenvalue weighted by Crippen LogP contribution is -2.43. The molecule has 0 spiro atoms. The fraction of sp³-hybridized carbons (Fsp3) is 0.207. The third-order valence-electron chi connectivity index (χ3n) is 6.34. The summed E-state index contributed by atoms with van der Waals surface area (Å²) in [6.45, 7) is 0. The Balaban J connectivity index is 1.95. The molecule has 0 aromatic heterocycles. The fourth-order valence-corrected chi connectivity index (χ4v) is 4.33. The number of anilines is 2. The van der Waals surface area contributed by atoms with Crippen LogP contribution in [0.1, 0.15) is 29.2 Å². The van der Waals surface area contributed by atoms with Gasteiger partial charge in [-0.2, -0.15) is 13.2 Å². The normalized spacial score (nSPS) is 14.7. The van der Waals surface area contributed by atoms with Crippen LogP contribution in [-0.4, -0.2) is 39.2 Å². The second kappa shape index (κ2) is 12.3. The van der Waals surface area contributed by atoms with Gasteiger partial charge in [-0.25, -0.2) is 18.6 Å². The Morgan fingerprint density at radius 2 is 1.76 bits per heavy atom. The quantitative estimate of drug-likeness (QED) is 0.194. The van der Waals surface area contributed by atoms with E-state index >= 15 is 8.78 Å². The van der Waals surface area contributed by atoms with Crippen molar-refractivity contribution in [3.05, 3.63) is 89.0 Å². The van der Waals surface area contributed by atoms with Gasteiger partial charge in [0.1, 0.15) is 23.1 Å². The molecular formula is C29H24F5N3O5. The monoisotopic (exact) mass is 589 g/mol. The van der Waals surface area contributed by atoms with Crippen molar-refractivity contribution in [2.24, 2.45) is 4.99 Å². The summed E-state index contributed by atoms with van der Waals surface area (Å²) in [6.07, 6.45) is -2.75. The van der Waals surface area contributed by atoms with Crippen molar-refractivity contribution in [3.8, 4) is 5.75 Å². The number of fused-ring (bicyclic) bond motifs is 1. The van der Waals surface area contributed by atoms with Crippen molar-refractivity contribution in [2.75, 3.05) is 31.5 Å². The topological polar surface area (TPSA) is 89.5 Å². The van der Waals surface area contributed by atoms with Gasteiger partial charge in [-0.1, -0.05) is 18.2 Å². The Labute approximate surface area is 237 Å². The van der Waals surface area contributed by atoms with E-state index < -0.39 is 47.8 Å². The van der Waals surface area contributed by atoms with Crippen LogP contribution in [0, 0.1) is 11.6 Å². The number of para-hydroxylation sites is 1. The second-order valence-electron chi connectivity index (χ2n) is 8.88. The minimum absolute atomic E-state index is 0.0394. The molecule has 1 atom stereocenters. The molecular weight excluding hydrogens is 565 g/mol. The first-order valence-electron chi connectivity index (χ1n) is 12.3. The number of benzene rings is 3. The summed E-state index contributed by atoms with van der Waals surface area (Å²) >= 11 is 0. The van der Waals surface area contributed by atoms with Gasteiger partial charge in [-0.15, -0.1) is 0 Å². The molecule has 8 nitrogen and oxygen atoms in total. The zero-order valence-corrected chi connectivity index (χ0v) is 22.5. The Morgan fingerprint density at radius 3 is 2.43 bits per heavy atom. The van der Waals surface area contributed by atoms with Crippen LogP contribution in [0.3, 0.4) is 0 Å². The fourth-order valence-electron chi connectivity index (χ4n) is 4.33. The Kier molecular flexibility index (Phi) is 8.79. The number of carbonyl (C=O) groups excluding carboxylic acids is 2. The van der Waals surface area contributed by atoms with E-state index in [1.54, 1.807) is 0 Å². The average molecular weight is 590 g/mol. The van der Waals surface area contributed by atoms with Gasteiger partial charge >= 0.3 is 18.1 Å². The molecule has 13 heteroatoms. The van der Waals surface area contributed by atoms with Crippen LogP contribution in [-0.2, 0) is 25.2 Å². The standard InChI is InChI=1S/C29H24F5N3O5/c1-40-24-11-9-17(29(32,33)34)14-23(24)37-22(15-26(39)42-3)18-5-4-6-20(31)27(18)36-28(37)35-21-13-16(7-10-19(21)30)8-12-25(38)41-2/h4-14,22H,15H2,1-3H3,(H,35,36)/b12-8+. The molecule has 3 aromatic rings. The molecule has 1 aliphatic heterocycles. The number of methoxy groups -OCH3 is 3. The lowest BCUT2D eigenvalue weighted by molar-refractivity contribution is -0.141. The van der Waals surface area contributed by atoms with Crippen molar-refractivity contribution >= 4 is 41.0 Å². The largest absolute Gasteiger partial charge is 0.495 e. The summed E-state index contributed by atoms with van der Waals surface area (Å²) in [6, 6.07) is 9.23. The first-order valence-corrected chi connectivity index (χ1v) is 12.3. The summed E-state index contributed by atoms with van der Waals surface area (Å²) < 4.78 is 86.2. The van der Waals surface area contributed by atoms with Crippen LogP contribution in [0.4, 0.5) is 39.0 Å². The van der Waals surface area contributed by atoms with E-state index in [4.69, 9.17) is 9.47 Å². The number of nitrogens with one attached hydrogen (secondary N) is 1. The Morgan fingerprint density at radius 1 is 1.00 bits per heavy atom. The summed E-state index contributed by atoms with van der Waals surface area (Å²) in [7, 11) is 3.55. The Hall–Kier alpha value is -4.94. The zero-order valence-electron chi connectivity index (χ0n) is 22.5. The summed E-state index contributed by atoms with van der Waals surface area (Å²) in [4.78, 5) is 29.6. The van der Waals surface area contributed by atoms with Crippen LogP contribution < -0.4 is 15.0 Å². The number of nitrogens with zero attached hydrogens (tertiary/aromatic N) is 2. The lowest BCUT2D eigenvalue weighted by Gasteiger charge is -2.38. The van der Waals surface area contributed by atoms with E-state index in [0.29, 0.717) is 5.56 Å². The molecule has 42 heavy (non-hydrogen) atoms. The average Bonchev–Trinajstić information content (AvgIpc) is 2.97. The van der Waals surface area contributed by atoms with Gasteiger partial charge in [0.25, 0.3) is 0 Å². The molecule has 0 aliphatic carbocycles. The molecule has 0 amide bonds. The lowest BCUT2D eigenvalue weighted by atomic mass is 9.97. The minimum Gasteiger partial charge on any atom is -0.495 e. The van der Waals surface area contributed by atoms with Gasteiger partial charge in [0, 0.05) is 11.6 Å². The molecule has 1 heterocycles. The molecule has 0 saturated carbocycles. The number of esters is 2. The molecule has 1 N–H and O–H groups in total. The van der Waals surface area contributed by atoms with Crippen molar-refractivity contribution in [1.82, 2.24) is 0 Å². The van der Waals surface area contributed by atoms with Crippen LogP contribution >= 0.6 is 0 Å². The van der Waals surface area contributed by atoms with Crippen molar-refractivity contribution in [2.45, 2.75) is 18.6 Å². The number of hydrogen-bond acceptors (Lipinski definition) is 8. The van der Waals surface area contributed by atoms with E-state index in [0.717, 1.165) is 43.5 Å². The molecule has 220 valence electrons. The van der Waals surface area contributed by atoms with E-state index in [9.17, 15) is 22.8 Å². The van der Waals surface area contributed by atoms with Gasteiger partial charge in [0.05, 0.1) is 50.7 Å². The van der Waals surface area contributed by atoms with E-state index in [1.165, 1.54) is 49.5 Å². The van der Waals surface area contributed by atoms with Gasteiger partial charge in [-0.3, -0.25) is 4.79 Å². The summed E-state index contributed by atoms with van der Waals surface area (Å²) in [5, 5.41) is 2.73. The van der Waals surface area contributed by atoms with Gasteiger partial charge < -0.3 is 24.4 Å². The van der Waals surface area contributed by atoms with Crippen molar-refractivity contribution in [3.63, 3.8) is 0 Å². The highest BCUT2D eigenvalue weighted by molar-refractivity contribution is 6.10. The van der Waals surface area contributed by atoms with Gasteiger partial charge in [0.2, 0.25) is 5.96 Å². The van der Waals surface area contributed by atoms with E-state index in [1.807, 2.05) is 0 Å². The third-order valence-corrected chi connectivity index (χ3v) is 6.34. The number of ether oxygens (including phenoxy) is 3. The number of aliphatic imine (C=N–C) groups is 1. The molecule has 1 aliphatic rings. The molecule has 4 rings (SSSR count).